The van der Waals surface area contributed by atoms with Crippen molar-refractivity contribution in [1.82, 2.24) is 20.0 Å². The number of rotatable bonds is 3. The molecule has 0 aliphatic carbocycles. The molecule has 27 heavy (non-hydrogen) atoms. The topological polar surface area (TPSA) is 87.4 Å². The van der Waals surface area contributed by atoms with Gasteiger partial charge in [-0.1, -0.05) is 12.1 Å². The van der Waals surface area contributed by atoms with E-state index >= 15 is 0 Å². The van der Waals surface area contributed by atoms with E-state index in [-0.39, 0.29) is 17.7 Å². The maximum atomic E-state index is 13.0. The van der Waals surface area contributed by atoms with Crippen LogP contribution in [0.1, 0.15) is 34.3 Å². The number of fused-ring (bicyclic) bond motifs is 1. The van der Waals surface area contributed by atoms with Crippen LogP contribution in [0, 0.1) is 0 Å². The molecule has 0 fully saturated rings. The molecule has 0 spiro atoms. The first-order valence-electron chi connectivity index (χ1n) is 8.59. The van der Waals surface area contributed by atoms with Crippen LogP contribution in [0.4, 0.5) is 0 Å². The van der Waals surface area contributed by atoms with Crippen LogP contribution < -0.4 is 0 Å². The Balaban J connectivity index is 1.62. The van der Waals surface area contributed by atoms with Crippen LogP contribution in [0.5, 0.6) is 0 Å². The lowest BCUT2D eigenvalue weighted by molar-refractivity contribution is 0.0679. The lowest BCUT2D eigenvalue weighted by atomic mass is 9.99. The molecule has 4 heterocycles. The number of H-pyrrole nitrogens is 1. The third kappa shape index (κ3) is 2.60. The number of nitrogens with zero attached hydrogens (tertiary/aromatic N) is 4. The highest BCUT2D eigenvalue weighted by Crippen LogP contribution is 2.36. The average molecular weight is 357 g/mol. The molecule has 0 bridgehead atoms. The van der Waals surface area contributed by atoms with E-state index in [9.17, 15) is 4.79 Å². The van der Waals surface area contributed by atoms with E-state index in [1.165, 1.54) is 11.3 Å². The minimum absolute atomic E-state index is 0.253. The second-order valence-electron chi connectivity index (χ2n) is 6.25. The largest absolute Gasteiger partial charge is 0.459 e. The van der Waals surface area contributed by atoms with E-state index in [4.69, 9.17) is 4.42 Å². The van der Waals surface area contributed by atoms with Gasteiger partial charge in [0, 0.05) is 30.6 Å². The minimum Gasteiger partial charge on any atom is -0.459 e. The highest BCUT2D eigenvalue weighted by atomic mass is 16.3. The zero-order chi connectivity index (χ0) is 18.2. The van der Waals surface area contributed by atoms with E-state index in [2.05, 4.69) is 20.1 Å². The Labute approximate surface area is 154 Å². The van der Waals surface area contributed by atoms with Crippen LogP contribution in [-0.4, -0.2) is 31.6 Å². The molecule has 1 N–H and O–H groups in total. The third-order valence-corrected chi connectivity index (χ3v) is 4.65. The average Bonchev–Trinajstić information content (AvgIpc) is 3.48. The lowest BCUT2D eigenvalue weighted by Gasteiger charge is -2.21. The fourth-order valence-electron chi connectivity index (χ4n) is 3.41. The number of para-hydroxylation sites is 1. The van der Waals surface area contributed by atoms with Crippen molar-refractivity contribution in [2.75, 3.05) is 0 Å². The summed E-state index contributed by atoms with van der Waals surface area (Å²) in [6, 6.07) is 12.7. The molecule has 4 aromatic rings. The van der Waals surface area contributed by atoms with Crippen molar-refractivity contribution >= 4 is 22.7 Å². The van der Waals surface area contributed by atoms with Crippen LogP contribution in [-0.2, 0) is 0 Å². The standard InChI is InChI=1S/C20H15N5O2/c26-20(18-7-3-11-27-18)25-17(12-16(24-25)14-6-2-8-21-14)13-4-1-5-15-19(13)23-10-9-22-15/h1-11,17,21H,12H2/t17-/m1/s1. The van der Waals surface area contributed by atoms with Crippen LogP contribution in [0.15, 0.2) is 76.8 Å². The summed E-state index contributed by atoms with van der Waals surface area (Å²) in [7, 11) is 0. The van der Waals surface area contributed by atoms with Crippen molar-refractivity contribution in [3.8, 4) is 0 Å². The van der Waals surface area contributed by atoms with Crippen molar-refractivity contribution in [3.05, 3.63) is 84.3 Å². The van der Waals surface area contributed by atoms with Gasteiger partial charge in [0.25, 0.3) is 0 Å². The molecule has 0 unspecified atom stereocenters. The Bertz CT molecular complexity index is 1130. The first-order chi connectivity index (χ1) is 13.3. The summed E-state index contributed by atoms with van der Waals surface area (Å²) >= 11 is 0. The quantitative estimate of drug-likeness (QED) is 0.607. The van der Waals surface area contributed by atoms with E-state index < -0.39 is 0 Å². The van der Waals surface area contributed by atoms with Crippen molar-refractivity contribution in [2.45, 2.75) is 12.5 Å². The SMILES string of the molecule is O=C(c1ccco1)N1N=C(c2ccc[nH]2)C[C@@H]1c1cccc2nccnc12. The number of hydrogen-bond donors (Lipinski definition) is 1. The van der Waals surface area contributed by atoms with Crippen LogP contribution in [0.25, 0.3) is 11.0 Å². The number of nitrogens with one attached hydrogen (secondary N) is 1. The summed E-state index contributed by atoms with van der Waals surface area (Å²) in [4.78, 5) is 25.0. The molecular formula is C20H15N5O2. The number of amides is 1. The Morgan fingerprint density at radius 2 is 2.04 bits per heavy atom. The van der Waals surface area contributed by atoms with Crippen molar-refractivity contribution in [1.29, 1.82) is 0 Å². The number of carbonyl (C=O) groups excluding carboxylic acids is 1. The van der Waals surface area contributed by atoms with Crippen molar-refractivity contribution in [3.63, 3.8) is 0 Å². The number of hydrogen-bond acceptors (Lipinski definition) is 5. The third-order valence-electron chi connectivity index (χ3n) is 4.65. The zero-order valence-electron chi connectivity index (χ0n) is 14.2. The molecule has 132 valence electrons. The van der Waals surface area contributed by atoms with Gasteiger partial charge in [-0.3, -0.25) is 14.8 Å². The normalized spacial score (nSPS) is 16.7. The highest BCUT2D eigenvalue weighted by Gasteiger charge is 2.36. The van der Waals surface area contributed by atoms with Crippen LogP contribution in [0.2, 0.25) is 0 Å². The molecule has 7 nitrogen and oxygen atoms in total. The highest BCUT2D eigenvalue weighted by molar-refractivity contribution is 6.03. The Morgan fingerprint density at radius 1 is 1.11 bits per heavy atom. The van der Waals surface area contributed by atoms with Gasteiger partial charge < -0.3 is 9.40 Å². The summed E-state index contributed by atoms with van der Waals surface area (Å²) in [6.45, 7) is 0. The zero-order valence-corrected chi connectivity index (χ0v) is 14.2. The smallest absolute Gasteiger partial charge is 0.310 e. The summed E-state index contributed by atoms with van der Waals surface area (Å²) < 4.78 is 5.31. The van der Waals surface area contributed by atoms with Gasteiger partial charge in [0.1, 0.15) is 0 Å². The van der Waals surface area contributed by atoms with Crippen molar-refractivity contribution < 1.29 is 9.21 Å². The summed E-state index contributed by atoms with van der Waals surface area (Å²) in [5.74, 6) is -0.0322. The molecular weight excluding hydrogens is 342 g/mol. The van der Waals surface area contributed by atoms with Gasteiger partial charge >= 0.3 is 5.91 Å². The first-order valence-corrected chi connectivity index (χ1v) is 8.59. The minimum atomic E-state index is -0.290. The molecule has 7 heteroatoms. The molecule has 0 saturated heterocycles. The van der Waals surface area contributed by atoms with Gasteiger partial charge in [-0.15, -0.1) is 0 Å². The van der Waals surface area contributed by atoms with E-state index in [0.717, 1.165) is 28.0 Å². The maximum Gasteiger partial charge on any atom is 0.310 e. The fourth-order valence-corrected chi connectivity index (χ4v) is 3.41. The molecule has 0 radical (unpaired) electrons. The fraction of sp³-hybridized carbons (Fsp3) is 0.100. The molecule has 1 aliphatic rings. The second kappa shape index (κ2) is 6.21. The molecule has 1 aromatic carbocycles. The Kier molecular flexibility index (Phi) is 3.57. The summed E-state index contributed by atoms with van der Waals surface area (Å²) in [5, 5.41) is 6.10. The monoisotopic (exact) mass is 357 g/mol. The number of furan rings is 1. The lowest BCUT2D eigenvalue weighted by Crippen LogP contribution is -2.27. The molecule has 5 rings (SSSR count). The molecule has 1 amide bonds. The van der Waals surface area contributed by atoms with Crippen LogP contribution in [0.3, 0.4) is 0 Å². The van der Waals surface area contributed by atoms with E-state index in [0.29, 0.717) is 6.42 Å². The number of hydrazone groups is 1. The molecule has 1 atom stereocenters. The number of benzene rings is 1. The maximum absolute atomic E-state index is 13.0. The molecule has 1 aliphatic heterocycles. The van der Waals surface area contributed by atoms with Gasteiger partial charge in [-0.25, -0.2) is 5.01 Å². The first kappa shape index (κ1) is 15.5. The van der Waals surface area contributed by atoms with Crippen LogP contribution >= 0.6 is 0 Å². The predicted octanol–water partition coefficient (Wildman–Crippen LogP) is 3.54. The van der Waals surface area contributed by atoms with Crippen molar-refractivity contribution in [2.24, 2.45) is 5.10 Å². The van der Waals surface area contributed by atoms with Gasteiger partial charge in [0.15, 0.2) is 5.76 Å². The van der Waals surface area contributed by atoms with Gasteiger partial charge in [0.05, 0.1) is 34.7 Å². The molecule has 3 aromatic heterocycles. The number of aromatic nitrogens is 3. The Morgan fingerprint density at radius 3 is 2.85 bits per heavy atom. The number of aromatic amines is 1. The number of carbonyl (C=O) groups is 1. The summed E-state index contributed by atoms with van der Waals surface area (Å²) in [5.41, 5.74) is 4.16. The Hall–Kier alpha value is -3.74. The van der Waals surface area contributed by atoms with E-state index in [1.54, 1.807) is 24.5 Å². The second-order valence-corrected chi connectivity index (χ2v) is 6.25. The molecule has 0 saturated carbocycles. The summed E-state index contributed by atoms with van der Waals surface area (Å²) in [6.07, 6.45) is 7.22. The van der Waals surface area contributed by atoms with Gasteiger partial charge in [-0.05, 0) is 30.3 Å². The predicted molar refractivity (Wildman–Crippen MR) is 99.1 cm³/mol. The van der Waals surface area contributed by atoms with Gasteiger partial charge in [-0.2, -0.15) is 5.10 Å². The van der Waals surface area contributed by atoms with Gasteiger partial charge in [0.2, 0.25) is 0 Å². The van der Waals surface area contributed by atoms with E-state index in [1.807, 2.05) is 36.5 Å².